The van der Waals surface area contributed by atoms with Gasteiger partial charge in [0.15, 0.2) is 4.80 Å². The summed E-state index contributed by atoms with van der Waals surface area (Å²) in [6, 6.07) is 11.9. The Hall–Kier alpha value is -4.18. The van der Waals surface area contributed by atoms with E-state index in [4.69, 9.17) is 14.5 Å². The van der Waals surface area contributed by atoms with Crippen LogP contribution >= 0.6 is 11.3 Å². The van der Waals surface area contributed by atoms with E-state index in [2.05, 4.69) is 0 Å². The van der Waals surface area contributed by atoms with Crippen LogP contribution < -0.4 is 29.3 Å². The Morgan fingerprint density at radius 1 is 1.08 bits per heavy atom. The maximum atomic E-state index is 14.3. The molecule has 202 valence electrons. The van der Waals surface area contributed by atoms with Crippen molar-refractivity contribution in [2.24, 2.45) is 4.99 Å². The molecule has 2 aliphatic rings. The number of fused-ring (bicyclic) bond motifs is 2. The number of hydrogen-bond donors (Lipinski definition) is 0. The summed E-state index contributed by atoms with van der Waals surface area (Å²) in [5, 5.41) is 0. The van der Waals surface area contributed by atoms with Crippen LogP contribution in [-0.4, -0.2) is 55.6 Å². The average molecular weight is 547 g/mol. The number of likely N-dealkylation sites (N-methyl/N-ethyl adjacent to an activating group) is 2. The van der Waals surface area contributed by atoms with Crippen molar-refractivity contribution >= 4 is 34.4 Å². The number of hydrogen-bond acceptors (Lipinski definition) is 7. The molecule has 0 fully saturated rings. The van der Waals surface area contributed by atoms with Crippen molar-refractivity contribution in [3.05, 3.63) is 84.5 Å². The molecule has 0 unspecified atom stereocenters. The number of allylic oxidation sites excluding steroid dienone is 1. The molecule has 39 heavy (non-hydrogen) atoms. The molecule has 3 heterocycles. The van der Waals surface area contributed by atoms with Crippen LogP contribution in [0, 0.1) is 0 Å². The van der Waals surface area contributed by atoms with Crippen LogP contribution in [0.3, 0.4) is 0 Å². The van der Waals surface area contributed by atoms with Gasteiger partial charge in [-0.1, -0.05) is 29.5 Å². The molecule has 5 rings (SSSR count). The Morgan fingerprint density at radius 2 is 1.79 bits per heavy atom. The van der Waals surface area contributed by atoms with Gasteiger partial charge in [0.25, 0.3) is 17.4 Å². The summed E-state index contributed by atoms with van der Waals surface area (Å²) in [7, 11) is 4.80. The van der Waals surface area contributed by atoms with Gasteiger partial charge in [-0.15, -0.1) is 0 Å². The Morgan fingerprint density at radius 3 is 2.46 bits per heavy atom. The number of para-hydroxylation sites is 1. The van der Waals surface area contributed by atoms with E-state index < -0.39 is 6.04 Å². The van der Waals surface area contributed by atoms with E-state index in [9.17, 15) is 14.4 Å². The lowest BCUT2D eigenvalue weighted by atomic mass is 9.93. The van der Waals surface area contributed by atoms with E-state index in [1.807, 2.05) is 38.1 Å². The largest absolute Gasteiger partial charge is 0.497 e. The molecule has 0 saturated carbocycles. The van der Waals surface area contributed by atoms with Crippen LogP contribution in [0.15, 0.2) is 63.5 Å². The number of amides is 2. The van der Waals surface area contributed by atoms with Crippen molar-refractivity contribution < 1.29 is 19.1 Å². The SMILES string of the molecule is CCN(CC)C(=O)C1=C(C)N=c2s/c(=C3/C(=O)N(C)c4ccccc43)c(=O)n2[C@@H]1c1cc(OC)ccc1OC. The van der Waals surface area contributed by atoms with Crippen LogP contribution in [-0.2, 0) is 9.59 Å². The fourth-order valence-corrected chi connectivity index (χ4v) is 6.40. The summed E-state index contributed by atoms with van der Waals surface area (Å²) >= 11 is 1.16. The van der Waals surface area contributed by atoms with Crippen LogP contribution in [0.2, 0.25) is 0 Å². The normalized spacial score (nSPS) is 17.5. The van der Waals surface area contributed by atoms with Crippen molar-refractivity contribution in [1.29, 1.82) is 0 Å². The molecule has 2 aromatic carbocycles. The van der Waals surface area contributed by atoms with Crippen molar-refractivity contribution in [2.45, 2.75) is 26.8 Å². The smallest absolute Gasteiger partial charge is 0.271 e. The number of benzene rings is 2. The molecule has 1 atom stereocenters. The molecule has 0 N–H and O–H groups in total. The predicted octanol–water partition coefficient (Wildman–Crippen LogP) is 2.47. The third kappa shape index (κ3) is 4.06. The van der Waals surface area contributed by atoms with E-state index in [1.165, 1.54) is 4.57 Å². The highest BCUT2D eigenvalue weighted by molar-refractivity contribution is 7.07. The number of anilines is 1. The second kappa shape index (κ2) is 10.2. The molecular weight excluding hydrogens is 516 g/mol. The molecule has 10 heteroatoms. The highest BCUT2D eigenvalue weighted by atomic mass is 32.1. The molecule has 2 aliphatic heterocycles. The second-order valence-corrected chi connectivity index (χ2v) is 10.2. The van der Waals surface area contributed by atoms with Gasteiger partial charge in [-0.2, -0.15) is 0 Å². The summed E-state index contributed by atoms with van der Waals surface area (Å²) in [5.74, 6) is 0.588. The number of ether oxygens (including phenoxy) is 2. The van der Waals surface area contributed by atoms with Gasteiger partial charge in [-0.25, -0.2) is 4.99 Å². The number of carbonyl (C=O) groups excluding carboxylic acids is 2. The van der Waals surface area contributed by atoms with Gasteiger partial charge in [0.2, 0.25) is 0 Å². The van der Waals surface area contributed by atoms with Gasteiger partial charge in [0.1, 0.15) is 22.1 Å². The van der Waals surface area contributed by atoms with Gasteiger partial charge >= 0.3 is 0 Å². The Labute approximate surface area is 229 Å². The first kappa shape index (κ1) is 26.4. The quantitative estimate of drug-likeness (QED) is 0.474. The van der Waals surface area contributed by atoms with Crippen molar-refractivity contribution in [1.82, 2.24) is 9.47 Å². The standard InChI is InChI=1S/C29H30N4O5S/c1-7-32(8-2)27(35)22-16(3)30-29-33(24(22)19-15-17(37-5)13-14-21(19)38-6)28(36)25(39-29)23-18-11-9-10-12-20(18)31(4)26(23)34/h9-15,24H,7-8H2,1-6H3/b25-23+/t24-/m1/s1. The monoisotopic (exact) mass is 546 g/mol. The number of aromatic nitrogens is 1. The fourth-order valence-electron chi connectivity index (χ4n) is 5.26. The topological polar surface area (TPSA) is 93.4 Å². The number of nitrogens with zero attached hydrogens (tertiary/aromatic N) is 4. The van der Waals surface area contributed by atoms with Crippen molar-refractivity contribution in [2.75, 3.05) is 39.3 Å². The Balaban J connectivity index is 1.87. The minimum absolute atomic E-state index is 0.212. The maximum Gasteiger partial charge on any atom is 0.271 e. The lowest BCUT2D eigenvalue weighted by molar-refractivity contribution is -0.127. The third-order valence-electron chi connectivity index (χ3n) is 7.29. The molecule has 1 aromatic heterocycles. The first-order valence-electron chi connectivity index (χ1n) is 12.7. The van der Waals surface area contributed by atoms with Gasteiger partial charge in [0, 0.05) is 31.3 Å². The lowest BCUT2D eigenvalue weighted by Gasteiger charge is -2.30. The first-order chi connectivity index (χ1) is 18.8. The molecule has 0 saturated heterocycles. The van der Waals surface area contributed by atoms with Crippen LogP contribution in [0.4, 0.5) is 5.69 Å². The summed E-state index contributed by atoms with van der Waals surface area (Å²) in [4.78, 5) is 50.0. The van der Waals surface area contributed by atoms with Crippen molar-refractivity contribution in [3.8, 4) is 11.5 Å². The zero-order valence-electron chi connectivity index (χ0n) is 22.8. The van der Waals surface area contributed by atoms with Crippen LogP contribution in [0.5, 0.6) is 11.5 Å². The van der Waals surface area contributed by atoms with Gasteiger partial charge in [-0.05, 0) is 45.0 Å². The first-order valence-corrected chi connectivity index (χ1v) is 13.5. The molecule has 0 radical (unpaired) electrons. The molecular formula is C29H30N4O5S. The average Bonchev–Trinajstić information content (AvgIpc) is 3.39. The minimum atomic E-state index is -0.835. The molecule has 9 nitrogen and oxygen atoms in total. The highest BCUT2D eigenvalue weighted by Gasteiger charge is 2.38. The van der Waals surface area contributed by atoms with Crippen LogP contribution in [0.1, 0.15) is 37.9 Å². The second-order valence-electron chi connectivity index (χ2n) is 9.24. The summed E-state index contributed by atoms with van der Waals surface area (Å²) in [6.07, 6.45) is 0. The Bertz CT molecular complexity index is 1710. The zero-order chi connectivity index (χ0) is 28.0. The van der Waals surface area contributed by atoms with E-state index in [0.29, 0.717) is 57.4 Å². The molecule has 0 spiro atoms. The summed E-state index contributed by atoms with van der Waals surface area (Å²) < 4.78 is 13.0. The Kier molecular flexibility index (Phi) is 6.90. The predicted molar refractivity (Wildman–Crippen MR) is 150 cm³/mol. The summed E-state index contributed by atoms with van der Waals surface area (Å²) in [6.45, 7) is 6.60. The van der Waals surface area contributed by atoms with Crippen LogP contribution in [0.25, 0.3) is 5.57 Å². The van der Waals surface area contributed by atoms with E-state index >= 15 is 0 Å². The lowest BCUT2D eigenvalue weighted by Crippen LogP contribution is -2.43. The van der Waals surface area contributed by atoms with Gasteiger partial charge in [-0.3, -0.25) is 19.0 Å². The highest BCUT2D eigenvalue weighted by Crippen LogP contribution is 2.38. The maximum absolute atomic E-state index is 14.3. The number of carbonyl (C=O) groups is 2. The number of methoxy groups -OCH3 is 2. The minimum Gasteiger partial charge on any atom is -0.497 e. The van der Waals surface area contributed by atoms with E-state index in [-0.39, 0.29) is 21.9 Å². The zero-order valence-corrected chi connectivity index (χ0v) is 23.6. The number of thiazole rings is 1. The van der Waals surface area contributed by atoms with Gasteiger partial charge < -0.3 is 19.3 Å². The summed E-state index contributed by atoms with van der Waals surface area (Å²) in [5.41, 5.74) is 2.86. The molecule has 0 aliphatic carbocycles. The third-order valence-corrected chi connectivity index (χ3v) is 8.34. The van der Waals surface area contributed by atoms with Crippen molar-refractivity contribution in [3.63, 3.8) is 0 Å². The fraction of sp³-hybridized carbons (Fsp3) is 0.310. The van der Waals surface area contributed by atoms with Gasteiger partial charge in [0.05, 0.1) is 36.8 Å². The van der Waals surface area contributed by atoms with E-state index in [0.717, 1.165) is 17.0 Å². The van der Waals surface area contributed by atoms with E-state index in [1.54, 1.807) is 56.2 Å². The number of rotatable bonds is 6. The molecule has 0 bridgehead atoms. The molecule has 3 aromatic rings. The molecule has 2 amide bonds.